The average molecular weight is 281 g/mol. The summed E-state index contributed by atoms with van der Waals surface area (Å²) in [7, 11) is 0. The Bertz CT molecular complexity index is 679. The third kappa shape index (κ3) is 3.83. The lowest BCUT2D eigenvalue weighted by atomic mass is 10.2. The smallest absolute Gasteiger partial charge is 0.126 e. The maximum absolute atomic E-state index is 5.03. The highest BCUT2D eigenvalue weighted by Crippen LogP contribution is 2.14. The summed E-state index contributed by atoms with van der Waals surface area (Å²) < 4.78 is 5.03. The molecule has 0 saturated heterocycles. The van der Waals surface area contributed by atoms with Crippen LogP contribution in [0, 0.1) is 0 Å². The Morgan fingerprint density at radius 1 is 1.00 bits per heavy atom. The molecule has 3 rings (SSSR count). The second kappa shape index (κ2) is 6.90. The van der Waals surface area contributed by atoms with Gasteiger partial charge in [-0.15, -0.1) is 0 Å². The highest BCUT2D eigenvalue weighted by atomic mass is 16.3. The fourth-order valence-electron chi connectivity index (χ4n) is 2.22. The quantitative estimate of drug-likeness (QED) is 0.652. The Kier molecular flexibility index (Phi) is 4.49. The predicted molar refractivity (Wildman–Crippen MR) is 85.3 cm³/mol. The van der Waals surface area contributed by atoms with Crippen LogP contribution in [0.2, 0.25) is 0 Å². The van der Waals surface area contributed by atoms with Crippen molar-refractivity contribution in [3.05, 3.63) is 60.6 Å². The van der Waals surface area contributed by atoms with Gasteiger partial charge in [-0.1, -0.05) is 18.2 Å². The van der Waals surface area contributed by atoms with Gasteiger partial charge in [-0.3, -0.25) is 0 Å². The van der Waals surface area contributed by atoms with E-state index in [2.05, 4.69) is 27.8 Å². The maximum Gasteiger partial charge on any atom is 0.126 e. The number of furan rings is 1. The molecule has 2 heterocycles. The molecular formula is C17H19N3O. The molecule has 0 amide bonds. The summed E-state index contributed by atoms with van der Waals surface area (Å²) in [5.41, 5.74) is 2.21. The number of nitrogens with zero attached hydrogens (tertiary/aromatic N) is 1. The van der Waals surface area contributed by atoms with Gasteiger partial charge in [0.15, 0.2) is 0 Å². The van der Waals surface area contributed by atoms with E-state index in [0.29, 0.717) is 0 Å². The van der Waals surface area contributed by atoms with Gasteiger partial charge in [-0.2, -0.15) is 0 Å². The fraction of sp³-hybridized carbons (Fsp3) is 0.235. The van der Waals surface area contributed by atoms with Crippen molar-refractivity contribution < 1.29 is 4.42 Å². The Morgan fingerprint density at radius 2 is 1.95 bits per heavy atom. The molecule has 0 spiro atoms. The van der Waals surface area contributed by atoms with E-state index in [1.165, 1.54) is 10.9 Å². The molecule has 0 aliphatic heterocycles. The van der Waals surface area contributed by atoms with E-state index in [4.69, 9.17) is 4.42 Å². The molecule has 2 N–H and O–H groups in total. The lowest BCUT2D eigenvalue weighted by Crippen LogP contribution is -2.17. The highest BCUT2D eigenvalue weighted by Gasteiger charge is 1.97. The first-order valence-corrected chi connectivity index (χ1v) is 7.23. The molecule has 0 saturated carbocycles. The number of nitrogens with one attached hydrogen (secondary N) is 2. The Labute approximate surface area is 124 Å². The van der Waals surface area contributed by atoms with Crippen molar-refractivity contribution in [3.63, 3.8) is 0 Å². The maximum atomic E-state index is 5.03. The van der Waals surface area contributed by atoms with Crippen LogP contribution >= 0.6 is 0 Å². The predicted octanol–water partition coefficient (Wildman–Crippen LogP) is 3.42. The molecule has 0 fully saturated rings. The van der Waals surface area contributed by atoms with Crippen molar-refractivity contribution in [2.75, 3.05) is 18.4 Å². The third-order valence-electron chi connectivity index (χ3n) is 3.34. The Morgan fingerprint density at radius 3 is 2.86 bits per heavy atom. The van der Waals surface area contributed by atoms with Crippen LogP contribution in [-0.4, -0.2) is 18.1 Å². The molecule has 4 nitrogen and oxygen atoms in total. The van der Waals surface area contributed by atoms with Gasteiger partial charge in [0.25, 0.3) is 0 Å². The number of benzene rings is 1. The first-order valence-electron chi connectivity index (χ1n) is 7.23. The molecule has 108 valence electrons. The van der Waals surface area contributed by atoms with E-state index in [-0.39, 0.29) is 0 Å². The highest BCUT2D eigenvalue weighted by molar-refractivity contribution is 5.79. The SMILES string of the molecule is c1ccc2nc(NCCCNCc3ccoc3)ccc2c1. The van der Waals surface area contributed by atoms with Gasteiger partial charge in [-0.05, 0) is 37.2 Å². The molecule has 0 radical (unpaired) electrons. The molecule has 4 heteroatoms. The monoisotopic (exact) mass is 281 g/mol. The zero-order chi connectivity index (χ0) is 14.3. The molecule has 0 bridgehead atoms. The van der Waals surface area contributed by atoms with Gasteiger partial charge in [0.2, 0.25) is 0 Å². The Balaban J connectivity index is 1.40. The van der Waals surface area contributed by atoms with Gasteiger partial charge < -0.3 is 15.1 Å². The summed E-state index contributed by atoms with van der Waals surface area (Å²) in [5, 5.41) is 7.92. The molecule has 21 heavy (non-hydrogen) atoms. The minimum Gasteiger partial charge on any atom is -0.472 e. The van der Waals surface area contributed by atoms with E-state index in [1.807, 2.05) is 30.3 Å². The number of fused-ring (bicyclic) bond motifs is 1. The van der Waals surface area contributed by atoms with Crippen LogP contribution in [0.25, 0.3) is 10.9 Å². The number of hydrogen-bond acceptors (Lipinski definition) is 4. The van der Waals surface area contributed by atoms with Crippen molar-refractivity contribution >= 4 is 16.7 Å². The summed E-state index contributed by atoms with van der Waals surface area (Å²) in [6.07, 6.45) is 4.51. The Hall–Kier alpha value is -2.33. The molecule has 1 aromatic carbocycles. The van der Waals surface area contributed by atoms with Crippen molar-refractivity contribution in [1.29, 1.82) is 0 Å². The van der Waals surface area contributed by atoms with Gasteiger partial charge in [0, 0.05) is 24.0 Å². The summed E-state index contributed by atoms with van der Waals surface area (Å²) >= 11 is 0. The molecule has 0 aliphatic carbocycles. The minimum absolute atomic E-state index is 0.852. The third-order valence-corrected chi connectivity index (χ3v) is 3.34. The standard InChI is InChI=1S/C17H19N3O/c1-2-5-16-15(4-1)6-7-17(20-16)19-10-3-9-18-12-14-8-11-21-13-14/h1-2,4-8,11,13,18H,3,9-10,12H2,(H,19,20). The fourth-order valence-corrected chi connectivity index (χ4v) is 2.22. The van der Waals surface area contributed by atoms with E-state index in [1.54, 1.807) is 12.5 Å². The molecular weight excluding hydrogens is 262 g/mol. The van der Waals surface area contributed by atoms with Crippen LogP contribution in [0.1, 0.15) is 12.0 Å². The van der Waals surface area contributed by atoms with Crippen LogP contribution in [0.15, 0.2) is 59.4 Å². The van der Waals surface area contributed by atoms with E-state index in [0.717, 1.165) is 37.4 Å². The van der Waals surface area contributed by atoms with Crippen LogP contribution < -0.4 is 10.6 Å². The van der Waals surface area contributed by atoms with Gasteiger partial charge in [-0.25, -0.2) is 4.98 Å². The minimum atomic E-state index is 0.852. The largest absolute Gasteiger partial charge is 0.472 e. The van der Waals surface area contributed by atoms with E-state index >= 15 is 0 Å². The number of aromatic nitrogens is 1. The first-order chi connectivity index (χ1) is 10.4. The van der Waals surface area contributed by atoms with Crippen molar-refractivity contribution in [2.45, 2.75) is 13.0 Å². The van der Waals surface area contributed by atoms with Crippen molar-refractivity contribution in [2.24, 2.45) is 0 Å². The van der Waals surface area contributed by atoms with E-state index in [9.17, 15) is 0 Å². The van der Waals surface area contributed by atoms with Crippen LogP contribution in [0.4, 0.5) is 5.82 Å². The lowest BCUT2D eigenvalue weighted by molar-refractivity contribution is 0.560. The molecule has 0 unspecified atom stereocenters. The summed E-state index contributed by atoms with van der Waals surface area (Å²) in [5.74, 6) is 0.934. The summed E-state index contributed by atoms with van der Waals surface area (Å²) in [6.45, 7) is 2.72. The number of anilines is 1. The second-order valence-corrected chi connectivity index (χ2v) is 4.98. The van der Waals surface area contributed by atoms with Crippen LogP contribution in [0.5, 0.6) is 0 Å². The van der Waals surface area contributed by atoms with E-state index < -0.39 is 0 Å². The zero-order valence-corrected chi connectivity index (χ0v) is 11.9. The van der Waals surface area contributed by atoms with Gasteiger partial charge >= 0.3 is 0 Å². The lowest BCUT2D eigenvalue weighted by Gasteiger charge is -2.07. The van der Waals surface area contributed by atoms with Gasteiger partial charge in [0.05, 0.1) is 18.0 Å². The number of para-hydroxylation sites is 1. The topological polar surface area (TPSA) is 50.1 Å². The van der Waals surface area contributed by atoms with Crippen LogP contribution in [-0.2, 0) is 6.54 Å². The average Bonchev–Trinajstić information content (AvgIpc) is 3.04. The number of hydrogen-bond donors (Lipinski definition) is 2. The first kappa shape index (κ1) is 13.6. The second-order valence-electron chi connectivity index (χ2n) is 4.98. The van der Waals surface area contributed by atoms with Crippen molar-refractivity contribution in [1.82, 2.24) is 10.3 Å². The van der Waals surface area contributed by atoms with Gasteiger partial charge in [0.1, 0.15) is 5.82 Å². The van der Waals surface area contributed by atoms with Crippen molar-refractivity contribution in [3.8, 4) is 0 Å². The molecule has 2 aromatic heterocycles. The normalized spacial score (nSPS) is 10.9. The summed E-state index contributed by atoms with van der Waals surface area (Å²) in [4.78, 5) is 4.59. The number of rotatable bonds is 7. The molecule has 0 atom stereocenters. The zero-order valence-electron chi connectivity index (χ0n) is 11.9. The van der Waals surface area contributed by atoms with Crippen LogP contribution in [0.3, 0.4) is 0 Å². The molecule has 3 aromatic rings. The molecule has 0 aliphatic rings. The number of pyridine rings is 1. The summed E-state index contributed by atoms with van der Waals surface area (Å²) in [6, 6.07) is 14.3.